The first kappa shape index (κ1) is 15.5. The molecule has 0 aliphatic carbocycles. The average molecular weight is 330 g/mol. The second-order valence-electron chi connectivity index (χ2n) is 4.41. The highest BCUT2D eigenvalue weighted by Crippen LogP contribution is 2.25. The maximum atomic E-state index is 12.5. The van der Waals surface area contributed by atoms with E-state index in [9.17, 15) is 4.79 Å². The minimum atomic E-state index is -0.0653. The molecule has 0 aliphatic heterocycles. The standard InChI is InChI=1S/C14H16ClNO2S2/c1-10-3-4-11(20-10)9-16(6-2-7-17)14(18)13-12(15)5-8-19-13/h3-5,8,17H,2,6-7,9H2,1H3. The van der Waals surface area contributed by atoms with Crippen molar-refractivity contribution in [3.05, 3.63) is 43.2 Å². The SMILES string of the molecule is Cc1ccc(CN(CCCO)C(=O)c2sccc2Cl)s1. The van der Waals surface area contributed by atoms with Crippen LogP contribution in [0.1, 0.15) is 25.8 Å². The molecule has 108 valence electrons. The van der Waals surface area contributed by atoms with Gasteiger partial charge in [0.15, 0.2) is 0 Å². The minimum Gasteiger partial charge on any atom is -0.396 e. The number of nitrogens with zero attached hydrogens (tertiary/aromatic N) is 1. The van der Waals surface area contributed by atoms with Crippen LogP contribution < -0.4 is 0 Å². The van der Waals surface area contributed by atoms with E-state index in [1.165, 1.54) is 16.2 Å². The highest BCUT2D eigenvalue weighted by atomic mass is 35.5. The topological polar surface area (TPSA) is 40.5 Å². The number of halogens is 1. The molecule has 0 atom stereocenters. The second kappa shape index (κ2) is 7.22. The summed E-state index contributed by atoms with van der Waals surface area (Å²) in [6.07, 6.45) is 0.569. The van der Waals surface area contributed by atoms with Gasteiger partial charge in [0, 0.05) is 22.9 Å². The Morgan fingerprint density at radius 2 is 2.20 bits per heavy atom. The zero-order valence-electron chi connectivity index (χ0n) is 11.1. The summed E-state index contributed by atoms with van der Waals surface area (Å²) in [6.45, 7) is 3.21. The van der Waals surface area contributed by atoms with Gasteiger partial charge in [-0.3, -0.25) is 4.79 Å². The molecule has 3 nitrogen and oxygen atoms in total. The first-order valence-electron chi connectivity index (χ1n) is 6.30. The van der Waals surface area contributed by atoms with Gasteiger partial charge >= 0.3 is 0 Å². The summed E-state index contributed by atoms with van der Waals surface area (Å²) in [7, 11) is 0. The summed E-state index contributed by atoms with van der Waals surface area (Å²) >= 11 is 9.07. The maximum absolute atomic E-state index is 12.5. The van der Waals surface area contributed by atoms with Crippen molar-refractivity contribution in [1.29, 1.82) is 0 Å². The van der Waals surface area contributed by atoms with E-state index < -0.39 is 0 Å². The van der Waals surface area contributed by atoms with E-state index in [-0.39, 0.29) is 12.5 Å². The lowest BCUT2D eigenvalue weighted by atomic mass is 10.3. The molecule has 2 aromatic rings. The van der Waals surface area contributed by atoms with Crippen LogP contribution in [-0.4, -0.2) is 29.1 Å². The monoisotopic (exact) mass is 329 g/mol. The highest BCUT2D eigenvalue weighted by molar-refractivity contribution is 7.13. The van der Waals surface area contributed by atoms with E-state index in [0.29, 0.717) is 29.4 Å². The molecule has 0 saturated heterocycles. The molecule has 6 heteroatoms. The Morgan fingerprint density at radius 1 is 1.40 bits per heavy atom. The van der Waals surface area contributed by atoms with Gasteiger partial charge in [0.05, 0.1) is 11.6 Å². The van der Waals surface area contributed by atoms with Crippen molar-refractivity contribution in [2.24, 2.45) is 0 Å². The van der Waals surface area contributed by atoms with E-state index in [4.69, 9.17) is 16.7 Å². The van der Waals surface area contributed by atoms with Gasteiger partial charge in [-0.2, -0.15) is 0 Å². The van der Waals surface area contributed by atoms with Crippen LogP contribution in [0.5, 0.6) is 0 Å². The van der Waals surface area contributed by atoms with Gasteiger partial charge in [-0.15, -0.1) is 22.7 Å². The summed E-state index contributed by atoms with van der Waals surface area (Å²) in [6, 6.07) is 5.82. The Hall–Kier alpha value is -0.880. The molecule has 1 N–H and O–H groups in total. The number of carbonyl (C=O) groups excluding carboxylic acids is 1. The molecule has 0 fully saturated rings. The number of aliphatic hydroxyl groups excluding tert-OH is 1. The molecule has 0 bridgehead atoms. The third kappa shape index (κ3) is 3.82. The van der Waals surface area contributed by atoms with Gasteiger partial charge in [0.1, 0.15) is 4.88 Å². The summed E-state index contributed by atoms with van der Waals surface area (Å²) < 4.78 is 0. The van der Waals surface area contributed by atoms with E-state index in [1.807, 2.05) is 24.4 Å². The third-order valence-corrected chi connectivity index (χ3v) is 5.14. The molecule has 0 unspecified atom stereocenters. The van der Waals surface area contributed by atoms with Gasteiger partial charge in [-0.25, -0.2) is 0 Å². The molecule has 0 radical (unpaired) electrons. The molecular formula is C14H16ClNO2S2. The molecule has 0 aromatic carbocycles. The molecular weight excluding hydrogens is 314 g/mol. The summed E-state index contributed by atoms with van der Waals surface area (Å²) in [5.41, 5.74) is 0. The molecule has 2 heterocycles. The molecule has 0 spiro atoms. The number of rotatable bonds is 6. The lowest BCUT2D eigenvalue weighted by Gasteiger charge is -2.21. The number of thiophene rings is 2. The zero-order valence-corrected chi connectivity index (χ0v) is 13.5. The Bertz CT molecular complexity index is 579. The Morgan fingerprint density at radius 3 is 2.75 bits per heavy atom. The van der Waals surface area contributed by atoms with E-state index in [2.05, 4.69) is 0 Å². The van der Waals surface area contributed by atoms with E-state index >= 15 is 0 Å². The van der Waals surface area contributed by atoms with Crippen LogP contribution in [0.4, 0.5) is 0 Å². The Labute approximate surface area is 131 Å². The summed E-state index contributed by atoms with van der Waals surface area (Å²) in [5.74, 6) is -0.0653. The number of carbonyl (C=O) groups is 1. The fraction of sp³-hybridized carbons (Fsp3) is 0.357. The molecule has 2 rings (SSSR count). The lowest BCUT2D eigenvalue weighted by molar-refractivity contribution is 0.0739. The van der Waals surface area contributed by atoms with Crippen LogP contribution in [0, 0.1) is 6.92 Å². The van der Waals surface area contributed by atoms with Crippen molar-refractivity contribution in [3.63, 3.8) is 0 Å². The van der Waals surface area contributed by atoms with Crippen LogP contribution in [0.25, 0.3) is 0 Å². The minimum absolute atomic E-state index is 0.0653. The predicted octanol–water partition coefficient (Wildman–Crippen LogP) is 3.80. The van der Waals surface area contributed by atoms with Crippen LogP contribution >= 0.6 is 34.3 Å². The number of amides is 1. The normalized spacial score (nSPS) is 10.8. The number of aliphatic hydroxyl groups is 1. The fourth-order valence-corrected chi connectivity index (χ4v) is 3.87. The fourth-order valence-electron chi connectivity index (χ4n) is 1.86. The van der Waals surface area contributed by atoms with Crippen LogP contribution in [0.15, 0.2) is 23.6 Å². The summed E-state index contributed by atoms with van der Waals surface area (Å²) in [4.78, 5) is 17.2. The van der Waals surface area contributed by atoms with E-state index in [1.54, 1.807) is 22.3 Å². The molecule has 1 amide bonds. The van der Waals surface area contributed by atoms with Gasteiger partial charge in [-0.1, -0.05) is 11.6 Å². The first-order chi connectivity index (χ1) is 9.61. The van der Waals surface area contributed by atoms with Gasteiger partial charge in [0.25, 0.3) is 5.91 Å². The van der Waals surface area contributed by atoms with Crippen LogP contribution in [-0.2, 0) is 6.54 Å². The van der Waals surface area contributed by atoms with Crippen LogP contribution in [0.3, 0.4) is 0 Å². The Balaban J connectivity index is 2.14. The van der Waals surface area contributed by atoms with Gasteiger partial charge < -0.3 is 10.0 Å². The third-order valence-electron chi connectivity index (χ3n) is 2.83. The first-order valence-corrected chi connectivity index (χ1v) is 8.37. The van der Waals surface area contributed by atoms with Crippen molar-refractivity contribution in [2.75, 3.05) is 13.2 Å². The number of aryl methyl sites for hydroxylation is 1. The van der Waals surface area contributed by atoms with Crippen LogP contribution in [0.2, 0.25) is 5.02 Å². The van der Waals surface area contributed by atoms with Gasteiger partial charge in [-0.05, 0) is 36.9 Å². The molecule has 2 aromatic heterocycles. The van der Waals surface area contributed by atoms with Crippen molar-refractivity contribution >= 4 is 40.2 Å². The van der Waals surface area contributed by atoms with Crippen molar-refractivity contribution in [1.82, 2.24) is 4.90 Å². The quantitative estimate of drug-likeness (QED) is 0.875. The molecule has 20 heavy (non-hydrogen) atoms. The van der Waals surface area contributed by atoms with Gasteiger partial charge in [0.2, 0.25) is 0 Å². The lowest BCUT2D eigenvalue weighted by Crippen LogP contribution is -2.31. The van der Waals surface area contributed by atoms with E-state index in [0.717, 1.165) is 4.88 Å². The largest absolute Gasteiger partial charge is 0.396 e. The molecule has 0 saturated carbocycles. The second-order valence-corrected chi connectivity index (χ2v) is 7.11. The van der Waals surface area contributed by atoms with Crippen molar-refractivity contribution < 1.29 is 9.90 Å². The average Bonchev–Trinajstić information content (AvgIpc) is 3.02. The number of hydrogen-bond acceptors (Lipinski definition) is 4. The smallest absolute Gasteiger partial charge is 0.265 e. The maximum Gasteiger partial charge on any atom is 0.265 e. The highest BCUT2D eigenvalue weighted by Gasteiger charge is 2.20. The number of hydrogen-bond donors (Lipinski definition) is 1. The predicted molar refractivity (Wildman–Crippen MR) is 84.8 cm³/mol. The molecule has 0 aliphatic rings. The Kier molecular flexibility index (Phi) is 5.60. The summed E-state index contributed by atoms with van der Waals surface area (Å²) in [5, 5.41) is 11.3. The zero-order chi connectivity index (χ0) is 14.5. The van der Waals surface area contributed by atoms with Crippen molar-refractivity contribution in [3.8, 4) is 0 Å². The van der Waals surface area contributed by atoms with Crippen molar-refractivity contribution in [2.45, 2.75) is 19.9 Å².